The van der Waals surface area contributed by atoms with Gasteiger partial charge in [-0.1, -0.05) is 6.07 Å². The van der Waals surface area contributed by atoms with Crippen LogP contribution in [-0.4, -0.2) is 75.3 Å². The molecule has 2 aliphatic heterocycles. The second-order valence-electron chi connectivity index (χ2n) is 8.18. The van der Waals surface area contributed by atoms with E-state index in [4.69, 9.17) is 0 Å². The van der Waals surface area contributed by atoms with Gasteiger partial charge in [-0.2, -0.15) is 13.2 Å². The van der Waals surface area contributed by atoms with E-state index in [9.17, 15) is 13.2 Å². The number of rotatable bonds is 6. The summed E-state index contributed by atoms with van der Waals surface area (Å²) in [5.41, 5.74) is 0. The van der Waals surface area contributed by atoms with Crippen LogP contribution in [0.5, 0.6) is 0 Å². The lowest BCUT2D eigenvalue weighted by Gasteiger charge is -2.39. The fourth-order valence-corrected chi connectivity index (χ4v) is 5.53. The molecule has 3 rings (SSSR count). The monoisotopic (exact) mass is 431 g/mol. The first-order valence-electron chi connectivity index (χ1n) is 10.3. The topological polar surface area (TPSA) is 42.9 Å². The molecule has 0 spiro atoms. The molecule has 1 aromatic rings. The van der Waals surface area contributed by atoms with Crippen LogP contribution in [0.2, 0.25) is 0 Å². The molecule has 3 unspecified atom stereocenters. The molecular formula is C20H32F3N5S. The van der Waals surface area contributed by atoms with E-state index in [1.807, 2.05) is 11.3 Å². The van der Waals surface area contributed by atoms with Crippen molar-refractivity contribution in [3.63, 3.8) is 0 Å². The van der Waals surface area contributed by atoms with Gasteiger partial charge in [0.25, 0.3) is 0 Å². The minimum Gasteiger partial charge on any atom is -0.356 e. The van der Waals surface area contributed by atoms with Crippen molar-refractivity contribution in [3.05, 3.63) is 22.4 Å². The molecular weight excluding hydrogens is 399 g/mol. The quantitative estimate of drug-likeness (QED) is 0.536. The lowest BCUT2D eigenvalue weighted by Crippen LogP contribution is -2.46. The molecule has 0 amide bonds. The Hall–Kier alpha value is -1.32. The first-order chi connectivity index (χ1) is 13.9. The third-order valence-electron chi connectivity index (χ3n) is 5.93. The number of guanidine groups is 1. The summed E-state index contributed by atoms with van der Waals surface area (Å²) in [4.78, 5) is 9.64. The van der Waals surface area contributed by atoms with Gasteiger partial charge < -0.3 is 10.6 Å². The molecule has 0 saturated carbocycles. The average molecular weight is 432 g/mol. The van der Waals surface area contributed by atoms with Crippen LogP contribution < -0.4 is 10.6 Å². The van der Waals surface area contributed by atoms with Crippen LogP contribution >= 0.6 is 11.3 Å². The third kappa shape index (κ3) is 6.58. The van der Waals surface area contributed by atoms with Crippen LogP contribution in [0, 0.1) is 11.8 Å². The molecule has 0 aromatic carbocycles. The second kappa shape index (κ2) is 10.1. The standard InChI is InChI=1S/C20H32F3N5S/c1-24-19(25-11-15-7-9-28(13-15)14-20(21,22)23)26-12-16-5-3-8-27(2)18(16)17-6-4-10-29-17/h4,6,10,15-16,18H,3,5,7-9,11-14H2,1-2H3,(H2,24,25,26). The van der Waals surface area contributed by atoms with Crippen LogP contribution in [0.3, 0.4) is 0 Å². The first kappa shape index (κ1) is 22.4. The predicted molar refractivity (Wildman–Crippen MR) is 112 cm³/mol. The second-order valence-corrected chi connectivity index (χ2v) is 9.16. The molecule has 5 nitrogen and oxygen atoms in total. The highest BCUT2D eigenvalue weighted by atomic mass is 32.1. The maximum Gasteiger partial charge on any atom is 0.401 e. The lowest BCUT2D eigenvalue weighted by molar-refractivity contribution is -0.143. The third-order valence-corrected chi connectivity index (χ3v) is 6.87. The normalized spacial score (nSPS) is 27.3. The SMILES string of the molecule is CN=C(NCC1CCN(CC(F)(F)F)C1)NCC1CCCN(C)C1c1cccs1. The van der Waals surface area contributed by atoms with Gasteiger partial charge in [0.2, 0.25) is 0 Å². The van der Waals surface area contributed by atoms with Gasteiger partial charge in [-0.15, -0.1) is 11.3 Å². The van der Waals surface area contributed by atoms with Crippen molar-refractivity contribution >= 4 is 17.3 Å². The van der Waals surface area contributed by atoms with Crippen LogP contribution in [0.1, 0.15) is 30.2 Å². The number of aliphatic imine (C=N–C) groups is 1. The van der Waals surface area contributed by atoms with E-state index < -0.39 is 12.7 Å². The van der Waals surface area contributed by atoms with Crippen molar-refractivity contribution in [1.82, 2.24) is 20.4 Å². The van der Waals surface area contributed by atoms with Gasteiger partial charge in [0.05, 0.1) is 6.54 Å². The molecule has 9 heteroatoms. The molecule has 0 bridgehead atoms. The van der Waals surface area contributed by atoms with Crippen molar-refractivity contribution in [1.29, 1.82) is 0 Å². The Bertz CT molecular complexity index is 649. The fraction of sp³-hybridized carbons (Fsp3) is 0.750. The zero-order valence-corrected chi connectivity index (χ0v) is 18.0. The summed E-state index contributed by atoms with van der Waals surface area (Å²) in [7, 11) is 3.93. The minimum absolute atomic E-state index is 0.218. The molecule has 164 valence electrons. The van der Waals surface area contributed by atoms with Gasteiger partial charge in [-0.3, -0.25) is 14.8 Å². The molecule has 2 fully saturated rings. The van der Waals surface area contributed by atoms with Crippen LogP contribution in [0.15, 0.2) is 22.5 Å². The Balaban J connectivity index is 1.45. The van der Waals surface area contributed by atoms with Crippen LogP contribution in [-0.2, 0) is 0 Å². The summed E-state index contributed by atoms with van der Waals surface area (Å²) in [6, 6.07) is 4.74. The summed E-state index contributed by atoms with van der Waals surface area (Å²) in [5, 5.41) is 8.89. The first-order valence-corrected chi connectivity index (χ1v) is 11.2. The largest absolute Gasteiger partial charge is 0.401 e. The molecule has 0 radical (unpaired) electrons. The average Bonchev–Trinajstić information content (AvgIpc) is 3.33. The number of likely N-dealkylation sites (tertiary alicyclic amines) is 2. The van der Waals surface area contributed by atoms with Gasteiger partial charge >= 0.3 is 6.18 Å². The summed E-state index contributed by atoms with van der Waals surface area (Å²) >= 11 is 1.81. The molecule has 2 aliphatic rings. The highest BCUT2D eigenvalue weighted by molar-refractivity contribution is 7.10. The van der Waals surface area contributed by atoms with Gasteiger partial charge in [-0.05, 0) is 62.7 Å². The molecule has 3 heterocycles. The van der Waals surface area contributed by atoms with Crippen molar-refractivity contribution in [2.75, 3.05) is 53.4 Å². The highest BCUT2D eigenvalue weighted by Crippen LogP contribution is 2.36. The molecule has 0 aliphatic carbocycles. The van der Waals surface area contributed by atoms with E-state index in [2.05, 4.69) is 45.1 Å². The summed E-state index contributed by atoms with van der Waals surface area (Å²) < 4.78 is 37.7. The van der Waals surface area contributed by atoms with E-state index in [0.717, 1.165) is 25.5 Å². The Morgan fingerprint density at radius 2 is 2.03 bits per heavy atom. The summed E-state index contributed by atoms with van der Waals surface area (Å²) in [5.74, 6) is 1.45. The number of thiophene rings is 1. The molecule has 2 N–H and O–H groups in total. The maximum atomic E-state index is 12.6. The van der Waals surface area contributed by atoms with E-state index in [-0.39, 0.29) is 5.92 Å². The lowest BCUT2D eigenvalue weighted by atomic mass is 9.88. The predicted octanol–water partition coefficient (Wildman–Crippen LogP) is 3.18. The summed E-state index contributed by atoms with van der Waals surface area (Å²) in [6.45, 7) is 2.77. The number of hydrogen-bond acceptors (Lipinski definition) is 4. The van der Waals surface area contributed by atoms with Gasteiger partial charge in [0, 0.05) is 37.6 Å². The smallest absolute Gasteiger partial charge is 0.356 e. The minimum atomic E-state index is -4.12. The van der Waals surface area contributed by atoms with Gasteiger partial charge in [0.1, 0.15) is 0 Å². The number of hydrogen-bond donors (Lipinski definition) is 2. The maximum absolute atomic E-state index is 12.6. The molecule has 1 aromatic heterocycles. The molecule has 2 saturated heterocycles. The Labute approximate surface area is 175 Å². The van der Waals surface area contributed by atoms with Gasteiger partial charge in [-0.25, -0.2) is 0 Å². The highest BCUT2D eigenvalue weighted by Gasteiger charge is 2.34. The zero-order chi connectivity index (χ0) is 20.9. The van der Waals surface area contributed by atoms with E-state index in [1.165, 1.54) is 22.6 Å². The molecule has 3 atom stereocenters. The number of nitrogens with zero attached hydrogens (tertiary/aromatic N) is 3. The zero-order valence-electron chi connectivity index (χ0n) is 17.2. The number of piperidine rings is 1. The van der Waals surface area contributed by atoms with Gasteiger partial charge in [0.15, 0.2) is 5.96 Å². The van der Waals surface area contributed by atoms with E-state index in [0.29, 0.717) is 31.6 Å². The number of alkyl halides is 3. The van der Waals surface area contributed by atoms with Crippen LogP contribution in [0.4, 0.5) is 13.2 Å². The van der Waals surface area contributed by atoms with Crippen molar-refractivity contribution in [2.24, 2.45) is 16.8 Å². The van der Waals surface area contributed by atoms with E-state index >= 15 is 0 Å². The number of nitrogens with one attached hydrogen (secondary N) is 2. The van der Waals surface area contributed by atoms with Crippen molar-refractivity contribution in [2.45, 2.75) is 31.5 Å². The van der Waals surface area contributed by atoms with Crippen LogP contribution in [0.25, 0.3) is 0 Å². The van der Waals surface area contributed by atoms with Crippen molar-refractivity contribution < 1.29 is 13.2 Å². The fourth-order valence-electron chi connectivity index (χ4n) is 4.55. The Kier molecular flexibility index (Phi) is 7.81. The Morgan fingerprint density at radius 3 is 2.72 bits per heavy atom. The van der Waals surface area contributed by atoms with Crippen molar-refractivity contribution in [3.8, 4) is 0 Å². The Morgan fingerprint density at radius 1 is 1.24 bits per heavy atom. The van der Waals surface area contributed by atoms with E-state index in [1.54, 1.807) is 7.05 Å². The number of halogens is 3. The summed E-state index contributed by atoms with van der Waals surface area (Å²) in [6.07, 6.45) is -0.972. The molecule has 29 heavy (non-hydrogen) atoms.